The van der Waals surface area contributed by atoms with E-state index in [1.165, 1.54) is 6.42 Å². The van der Waals surface area contributed by atoms with Crippen LogP contribution in [0, 0.1) is 0 Å². The zero-order valence-electron chi connectivity index (χ0n) is 19.7. The predicted molar refractivity (Wildman–Crippen MR) is 130 cm³/mol. The minimum atomic E-state index is -0.711. The Kier molecular flexibility index (Phi) is 6.18. The highest BCUT2D eigenvalue weighted by Gasteiger charge is 2.46. The van der Waals surface area contributed by atoms with Crippen LogP contribution < -0.4 is 14.8 Å². The van der Waals surface area contributed by atoms with Crippen LogP contribution in [0.1, 0.15) is 61.7 Å². The number of nitrogens with one attached hydrogen (secondary N) is 2. The highest BCUT2D eigenvalue weighted by Crippen LogP contribution is 2.45. The van der Waals surface area contributed by atoms with Crippen molar-refractivity contribution < 1.29 is 19.1 Å². The lowest BCUT2D eigenvalue weighted by molar-refractivity contribution is -0.156. The van der Waals surface area contributed by atoms with Crippen LogP contribution in [-0.2, 0) is 9.59 Å². The first-order valence-electron chi connectivity index (χ1n) is 12.0. The predicted octanol–water partition coefficient (Wildman–Crippen LogP) is 4.65. The SMILES string of the molecule is COc1ccc(C2CC(=O)N2C(C(=O)NC2CCCCC2)c2c[nH]c3ccccc23)cc1OC. The van der Waals surface area contributed by atoms with Gasteiger partial charge in [0.15, 0.2) is 11.5 Å². The Morgan fingerprint density at radius 2 is 1.82 bits per heavy atom. The molecule has 1 aliphatic carbocycles. The lowest BCUT2D eigenvalue weighted by Crippen LogP contribution is -2.54. The van der Waals surface area contributed by atoms with E-state index in [-0.39, 0.29) is 23.9 Å². The molecule has 1 aromatic heterocycles. The maximum absolute atomic E-state index is 13.8. The number of benzene rings is 2. The molecule has 2 amide bonds. The fraction of sp³-hybridized carbons (Fsp3) is 0.407. The van der Waals surface area contributed by atoms with Crippen LogP contribution in [0.15, 0.2) is 48.7 Å². The average molecular weight is 462 g/mol. The standard InChI is InChI=1S/C27H31N3O4/c1-33-23-13-12-17(14-24(23)34-2)22-15-25(31)30(22)26(27(32)29-18-8-4-3-5-9-18)20-16-28-21-11-7-6-10-19(20)21/h6-7,10-14,16,18,22,26,28H,3-5,8-9,15H2,1-2H3,(H,29,32). The molecule has 2 atom stereocenters. The van der Waals surface area contributed by atoms with Crippen LogP contribution in [-0.4, -0.2) is 42.0 Å². The number of nitrogens with zero attached hydrogens (tertiary/aromatic N) is 1. The van der Waals surface area contributed by atoms with Gasteiger partial charge in [-0.2, -0.15) is 0 Å². The molecule has 0 spiro atoms. The Morgan fingerprint density at radius 1 is 1.06 bits per heavy atom. The second kappa shape index (κ2) is 9.41. The maximum atomic E-state index is 13.8. The summed E-state index contributed by atoms with van der Waals surface area (Å²) >= 11 is 0. The zero-order chi connectivity index (χ0) is 23.7. The summed E-state index contributed by atoms with van der Waals surface area (Å²) in [7, 11) is 3.19. The number of amides is 2. The summed E-state index contributed by atoms with van der Waals surface area (Å²) < 4.78 is 10.9. The molecule has 1 aliphatic heterocycles. The van der Waals surface area contributed by atoms with E-state index in [0.717, 1.165) is 47.7 Å². The van der Waals surface area contributed by atoms with Gasteiger partial charge in [-0.25, -0.2) is 0 Å². The van der Waals surface area contributed by atoms with Gasteiger partial charge in [0.2, 0.25) is 11.8 Å². The van der Waals surface area contributed by atoms with Crippen LogP contribution in [0.25, 0.3) is 10.9 Å². The van der Waals surface area contributed by atoms with Crippen molar-refractivity contribution in [3.05, 3.63) is 59.8 Å². The third kappa shape index (κ3) is 4.00. The quantitative estimate of drug-likeness (QED) is 0.502. The summed E-state index contributed by atoms with van der Waals surface area (Å²) in [4.78, 5) is 31.8. The lowest BCUT2D eigenvalue weighted by Gasteiger charge is -2.45. The van der Waals surface area contributed by atoms with Crippen molar-refractivity contribution in [2.24, 2.45) is 0 Å². The number of ether oxygens (including phenoxy) is 2. The minimum absolute atomic E-state index is 0.0335. The molecule has 1 saturated heterocycles. The first-order chi connectivity index (χ1) is 16.6. The number of β-lactam (4-membered cyclic amide) rings is 1. The second-order valence-corrected chi connectivity index (χ2v) is 9.17. The summed E-state index contributed by atoms with van der Waals surface area (Å²) in [5.41, 5.74) is 2.69. The zero-order valence-corrected chi connectivity index (χ0v) is 19.7. The molecule has 2 aliphatic rings. The topological polar surface area (TPSA) is 83.7 Å². The molecule has 2 N–H and O–H groups in total. The molecule has 5 rings (SSSR count). The third-order valence-electron chi connectivity index (χ3n) is 7.18. The van der Waals surface area contributed by atoms with Crippen molar-refractivity contribution in [1.82, 2.24) is 15.2 Å². The number of fused-ring (bicyclic) bond motifs is 1. The fourth-order valence-corrected chi connectivity index (χ4v) is 5.36. The van der Waals surface area contributed by atoms with Gasteiger partial charge in [-0.15, -0.1) is 0 Å². The van der Waals surface area contributed by atoms with Gasteiger partial charge in [-0.1, -0.05) is 43.5 Å². The highest BCUT2D eigenvalue weighted by molar-refractivity contribution is 5.96. The highest BCUT2D eigenvalue weighted by atomic mass is 16.5. The van der Waals surface area contributed by atoms with Crippen molar-refractivity contribution in [3.63, 3.8) is 0 Å². The second-order valence-electron chi connectivity index (χ2n) is 9.17. The normalized spacial score (nSPS) is 19.5. The summed E-state index contributed by atoms with van der Waals surface area (Å²) in [6.07, 6.45) is 7.65. The molecule has 7 nitrogen and oxygen atoms in total. The first-order valence-corrected chi connectivity index (χ1v) is 12.0. The largest absolute Gasteiger partial charge is 0.493 e. The Balaban J connectivity index is 1.52. The van der Waals surface area contributed by atoms with E-state index in [9.17, 15) is 9.59 Å². The van der Waals surface area contributed by atoms with Gasteiger partial charge < -0.3 is 24.7 Å². The molecule has 34 heavy (non-hydrogen) atoms. The van der Waals surface area contributed by atoms with Crippen molar-refractivity contribution in [2.75, 3.05) is 14.2 Å². The number of carbonyl (C=O) groups is 2. The van der Waals surface area contributed by atoms with E-state index in [2.05, 4.69) is 10.3 Å². The van der Waals surface area contributed by atoms with Gasteiger partial charge in [-0.05, 0) is 36.6 Å². The molecule has 2 aromatic carbocycles. The number of hydrogen-bond donors (Lipinski definition) is 2. The molecule has 178 valence electrons. The molecular weight excluding hydrogens is 430 g/mol. The van der Waals surface area contributed by atoms with Crippen LogP contribution >= 0.6 is 0 Å². The van der Waals surface area contributed by atoms with Gasteiger partial charge in [0, 0.05) is 28.7 Å². The van der Waals surface area contributed by atoms with Crippen LogP contribution in [0.5, 0.6) is 11.5 Å². The van der Waals surface area contributed by atoms with Gasteiger partial charge in [-0.3, -0.25) is 9.59 Å². The number of para-hydroxylation sites is 1. The summed E-state index contributed by atoms with van der Waals surface area (Å²) in [6, 6.07) is 12.8. The molecule has 3 aromatic rings. The Morgan fingerprint density at radius 3 is 2.56 bits per heavy atom. The first kappa shape index (κ1) is 22.3. The van der Waals surface area contributed by atoms with Crippen molar-refractivity contribution in [2.45, 2.75) is 56.7 Å². The Bertz CT molecular complexity index is 1200. The van der Waals surface area contributed by atoms with Gasteiger partial charge >= 0.3 is 0 Å². The number of aromatic amines is 1. The van der Waals surface area contributed by atoms with Crippen molar-refractivity contribution in [1.29, 1.82) is 0 Å². The summed E-state index contributed by atoms with van der Waals surface area (Å²) in [5, 5.41) is 4.22. The van der Waals surface area contributed by atoms with Crippen LogP contribution in [0.3, 0.4) is 0 Å². The van der Waals surface area contributed by atoms with Crippen LogP contribution in [0.4, 0.5) is 0 Å². The number of aromatic nitrogens is 1. The minimum Gasteiger partial charge on any atom is -0.493 e. The van der Waals surface area contributed by atoms with E-state index in [1.807, 2.05) is 48.7 Å². The number of likely N-dealkylation sites (tertiary alicyclic amines) is 1. The molecule has 2 heterocycles. The van der Waals surface area contributed by atoms with Crippen molar-refractivity contribution in [3.8, 4) is 11.5 Å². The average Bonchev–Trinajstić information content (AvgIpc) is 3.29. The van der Waals surface area contributed by atoms with Gasteiger partial charge in [0.25, 0.3) is 0 Å². The molecule has 1 saturated carbocycles. The molecular formula is C27H31N3O4. The van der Waals surface area contributed by atoms with E-state index in [4.69, 9.17) is 9.47 Å². The number of rotatable bonds is 7. The molecule has 2 fully saturated rings. The fourth-order valence-electron chi connectivity index (χ4n) is 5.36. The molecule has 0 radical (unpaired) electrons. The maximum Gasteiger partial charge on any atom is 0.247 e. The molecule has 0 bridgehead atoms. The lowest BCUT2D eigenvalue weighted by atomic mass is 9.88. The number of carbonyl (C=O) groups excluding carboxylic acids is 2. The van der Waals surface area contributed by atoms with Crippen LogP contribution in [0.2, 0.25) is 0 Å². The van der Waals surface area contributed by atoms with E-state index < -0.39 is 6.04 Å². The van der Waals surface area contributed by atoms with Crippen molar-refractivity contribution >= 4 is 22.7 Å². The molecule has 7 heteroatoms. The van der Waals surface area contributed by atoms with Gasteiger partial charge in [0.1, 0.15) is 6.04 Å². The smallest absolute Gasteiger partial charge is 0.247 e. The number of hydrogen-bond acceptors (Lipinski definition) is 4. The van der Waals surface area contributed by atoms with E-state index >= 15 is 0 Å². The van der Waals surface area contributed by atoms with E-state index in [0.29, 0.717) is 17.9 Å². The van der Waals surface area contributed by atoms with E-state index in [1.54, 1.807) is 19.1 Å². The summed E-state index contributed by atoms with van der Waals surface area (Å²) in [5.74, 6) is 1.09. The monoisotopic (exact) mass is 461 g/mol. The summed E-state index contributed by atoms with van der Waals surface area (Å²) in [6.45, 7) is 0. The Hall–Kier alpha value is -3.48. The Labute approximate surface area is 199 Å². The van der Waals surface area contributed by atoms with Gasteiger partial charge in [0.05, 0.1) is 26.7 Å². The molecule has 2 unspecified atom stereocenters. The third-order valence-corrected chi connectivity index (χ3v) is 7.18. The number of H-pyrrole nitrogens is 1. The number of methoxy groups -OCH3 is 2.